The molecule has 0 aliphatic carbocycles. The number of rotatable bonds is 4. The van der Waals surface area contributed by atoms with E-state index in [0.29, 0.717) is 22.4 Å². The fourth-order valence-corrected chi connectivity index (χ4v) is 2.75. The lowest BCUT2D eigenvalue weighted by molar-refractivity contribution is 0.222. The van der Waals surface area contributed by atoms with E-state index in [0.717, 1.165) is 16.8 Å². The van der Waals surface area contributed by atoms with Crippen molar-refractivity contribution in [3.05, 3.63) is 47.9 Å². The van der Waals surface area contributed by atoms with E-state index in [1.807, 2.05) is 57.6 Å². The van der Waals surface area contributed by atoms with Crippen LogP contribution in [0.25, 0.3) is 28.2 Å². The summed E-state index contributed by atoms with van der Waals surface area (Å²) < 4.78 is 9.07. The van der Waals surface area contributed by atoms with Gasteiger partial charge < -0.3 is 4.74 Å². The molecule has 0 N–H and O–H groups in total. The van der Waals surface area contributed by atoms with Gasteiger partial charge in [-0.1, -0.05) is 23.7 Å². The third kappa shape index (κ3) is 3.13. The molecule has 0 radical (unpaired) electrons. The van der Waals surface area contributed by atoms with E-state index in [2.05, 4.69) is 15.2 Å². The van der Waals surface area contributed by atoms with Crippen molar-refractivity contribution in [2.24, 2.45) is 7.05 Å². The number of hydrogen-bond donors (Lipinski definition) is 0. The van der Waals surface area contributed by atoms with Gasteiger partial charge in [0.1, 0.15) is 5.69 Å². The van der Waals surface area contributed by atoms with Gasteiger partial charge in [-0.2, -0.15) is 10.1 Å². The Morgan fingerprint density at radius 3 is 2.46 bits per heavy atom. The molecule has 26 heavy (non-hydrogen) atoms. The second-order valence-electron chi connectivity index (χ2n) is 6.21. The number of aromatic nitrogens is 6. The predicted octanol–water partition coefficient (Wildman–Crippen LogP) is 3.63. The maximum atomic E-state index is 6.00. The summed E-state index contributed by atoms with van der Waals surface area (Å²) >= 11 is 6.00. The van der Waals surface area contributed by atoms with E-state index in [4.69, 9.17) is 21.3 Å². The van der Waals surface area contributed by atoms with Crippen molar-refractivity contribution in [3.8, 4) is 28.5 Å². The Balaban J connectivity index is 1.92. The van der Waals surface area contributed by atoms with Crippen LogP contribution in [0, 0.1) is 0 Å². The molecule has 1 aromatic carbocycles. The minimum atomic E-state index is -0.0158. The Labute approximate surface area is 155 Å². The fourth-order valence-electron chi connectivity index (χ4n) is 2.63. The van der Waals surface area contributed by atoms with Crippen LogP contribution in [0.4, 0.5) is 0 Å². The molecule has 3 heterocycles. The van der Waals surface area contributed by atoms with Crippen molar-refractivity contribution in [2.75, 3.05) is 0 Å². The monoisotopic (exact) mass is 368 g/mol. The topological polar surface area (TPSA) is 70.1 Å². The van der Waals surface area contributed by atoms with Gasteiger partial charge in [-0.3, -0.25) is 4.68 Å². The number of benzene rings is 1. The Kier molecular flexibility index (Phi) is 4.08. The van der Waals surface area contributed by atoms with Gasteiger partial charge >= 0.3 is 6.01 Å². The van der Waals surface area contributed by atoms with Crippen LogP contribution in [0.2, 0.25) is 5.02 Å². The smallest absolute Gasteiger partial charge is 0.336 e. The lowest BCUT2D eigenvalue weighted by atomic mass is 10.1. The standard InChI is InChI=1S/C18H17ClN6O/c1-11(2)26-18-22-17-16(13-8-20-24(3)9-13)21-15(10-25(17)23-18)12-4-6-14(19)7-5-12/h4-11H,1-3H3. The van der Waals surface area contributed by atoms with Crippen LogP contribution in [-0.4, -0.2) is 35.5 Å². The van der Waals surface area contributed by atoms with Gasteiger partial charge in [-0.15, -0.1) is 5.10 Å². The molecule has 132 valence electrons. The van der Waals surface area contributed by atoms with E-state index in [9.17, 15) is 0 Å². The molecule has 0 aliphatic rings. The first-order valence-corrected chi connectivity index (χ1v) is 8.56. The number of halogens is 1. The van der Waals surface area contributed by atoms with Crippen molar-refractivity contribution >= 4 is 17.2 Å². The molecule has 0 saturated heterocycles. The van der Waals surface area contributed by atoms with Crippen molar-refractivity contribution in [3.63, 3.8) is 0 Å². The van der Waals surface area contributed by atoms with Crippen molar-refractivity contribution in [1.29, 1.82) is 0 Å². The van der Waals surface area contributed by atoms with Crippen LogP contribution < -0.4 is 4.74 Å². The van der Waals surface area contributed by atoms with E-state index in [1.54, 1.807) is 15.4 Å². The number of ether oxygens (including phenoxy) is 1. The molecule has 0 atom stereocenters. The first-order valence-electron chi connectivity index (χ1n) is 8.18. The van der Waals surface area contributed by atoms with Gasteiger partial charge in [0.05, 0.1) is 24.2 Å². The highest BCUT2D eigenvalue weighted by molar-refractivity contribution is 6.30. The summed E-state index contributed by atoms with van der Waals surface area (Å²) in [5.41, 5.74) is 3.86. The van der Waals surface area contributed by atoms with Crippen LogP contribution in [0.3, 0.4) is 0 Å². The van der Waals surface area contributed by atoms with Crippen molar-refractivity contribution < 1.29 is 4.74 Å². The fraction of sp³-hybridized carbons (Fsp3) is 0.222. The number of fused-ring (bicyclic) bond motifs is 1. The first-order chi connectivity index (χ1) is 12.5. The molecule has 7 nitrogen and oxygen atoms in total. The third-order valence-electron chi connectivity index (χ3n) is 3.76. The molecular weight excluding hydrogens is 352 g/mol. The average Bonchev–Trinajstić information content (AvgIpc) is 3.19. The van der Waals surface area contributed by atoms with E-state index < -0.39 is 0 Å². The SMILES string of the molecule is CC(C)Oc1nc2c(-c3cnn(C)c3)nc(-c3ccc(Cl)cc3)cn2n1. The molecule has 0 aliphatic heterocycles. The Morgan fingerprint density at radius 2 is 1.81 bits per heavy atom. The number of nitrogens with zero attached hydrogens (tertiary/aromatic N) is 6. The highest BCUT2D eigenvalue weighted by atomic mass is 35.5. The van der Waals surface area contributed by atoms with Gasteiger partial charge in [0.25, 0.3) is 0 Å². The summed E-state index contributed by atoms with van der Waals surface area (Å²) in [4.78, 5) is 9.30. The molecule has 4 aromatic rings. The highest BCUT2D eigenvalue weighted by Gasteiger charge is 2.16. The third-order valence-corrected chi connectivity index (χ3v) is 4.01. The summed E-state index contributed by atoms with van der Waals surface area (Å²) in [7, 11) is 1.86. The highest BCUT2D eigenvalue weighted by Crippen LogP contribution is 2.27. The van der Waals surface area contributed by atoms with E-state index in [1.165, 1.54) is 0 Å². The van der Waals surface area contributed by atoms with Gasteiger partial charge in [-0.05, 0) is 26.0 Å². The normalized spacial score (nSPS) is 11.4. The van der Waals surface area contributed by atoms with Crippen LogP contribution >= 0.6 is 11.6 Å². The van der Waals surface area contributed by atoms with Gasteiger partial charge in [0.2, 0.25) is 0 Å². The summed E-state index contributed by atoms with van der Waals surface area (Å²) in [6, 6.07) is 7.83. The molecule has 0 spiro atoms. The Morgan fingerprint density at radius 1 is 1.04 bits per heavy atom. The zero-order valence-electron chi connectivity index (χ0n) is 14.6. The van der Waals surface area contributed by atoms with Gasteiger partial charge in [0, 0.05) is 29.4 Å². The van der Waals surface area contributed by atoms with Crippen molar-refractivity contribution in [2.45, 2.75) is 20.0 Å². The van der Waals surface area contributed by atoms with Gasteiger partial charge in [-0.25, -0.2) is 9.50 Å². The summed E-state index contributed by atoms with van der Waals surface area (Å²) in [5, 5.41) is 9.36. The predicted molar refractivity (Wildman–Crippen MR) is 99.2 cm³/mol. The lowest BCUT2D eigenvalue weighted by Gasteiger charge is -2.05. The molecule has 0 fully saturated rings. The molecule has 3 aromatic heterocycles. The lowest BCUT2D eigenvalue weighted by Crippen LogP contribution is -2.06. The molecule has 4 rings (SSSR count). The molecule has 8 heteroatoms. The van der Waals surface area contributed by atoms with Crippen LogP contribution in [-0.2, 0) is 7.05 Å². The van der Waals surface area contributed by atoms with Crippen LogP contribution in [0.5, 0.6) is 6.01 Å². The summed E-state index contributed by atoms with van der Waals surface area (Å²) in [6.07, 6.45) is 5.47. The Hall–Kier alpha value is -2.93. The maximum absolute atomic E-state index is 6.00. The summed E-state index contributed by atoms with van der Waals surface area (Å²) in [5.74, 6) is 0. The molecule has 0 bridgehead atoms. The first kappa shape index (κ1) is 16.5. The maximum Gasteiger partial charge on any atom is 0.336 e. The second-order valence-corrected chi connectivity index (χ2v) is 6.65. The van der Waals surface area contributed by atoms with E-state index >= 15 is 0 Å². The average molecular weight is 369 g/mol. The second kappa shape index (κ2) is 6.42. The molecular formula is C18H17ClN6O. The minimum Gasteiger partial charge on any atom is -0.460 e. The molecule has 0 saturated carbocycles. The quantitative estimate of drug-likeness (QED) is 0.550. The van der Waals surface area contributed by atoms with Crippen molar-refractivity contribution in [1.82, 2.24) is 29.4 Å². The number of aryl methyl sites for hydroxylation is 1. The summed E-state index contributed by atoms with van der Waals surface area (Å²) in [6.45, 7) is 3.87. The van der Waals surface area contributed by atoms with E-state index in [-0.39, 0.29) is 6.10 Å². The zero-order valence-corrected chi connectivity index (χ0v) is 15.3. The van der Waals surface area contributed by atoms with Gasteiger partial charge in [0.15, 0.2) is 5.65 Å². The van der Waals surface area contributed by atoms with Crippen LogP contribution in [0.1, 0.15) is 13.8 Å². The largest absolute Gasteiger partial charge is 0.460 e. The molecule has 0 amide bonds. The molecule has 0 unspecified atom stereocenters. The number of hydrogen-bond acceptors (Lipinski definition) is 5. The zero-order chi connectivity index (χ0) is 18.3. The Bertz CT molecular complexity index is 1070. The minimum absolute atomic E-state index is 0.0158. The van der Waals surface area contributed by atoms with Crippen LogP contribution in [0.15, 0.2) is 42.9 Å².